The van der Waals surface area contributed by atoms with Crippen LogP contribution in [0.4, 0.5) is 0 Å². The number of halogens is 1. The fraction of sp³-hybridized carbons (Fsp3) is 0. The molecule has 4 rings (SSSR count). The van der Waals surface area contributed by atoms with Gasteiger partial charge in [0, 0.05) is 21.8 Å². The van der Waals surface area contributed by atoms with Crippen molar-refractivity contribution in [2.24, 2.45) is 0 Å². The van der Waals surface area contributed by atoms with Crippen LogP contribution in [0.2, 0.25) is 0 Å². The van der Waals surface area contributed by atoms with Gasteiger partial charge in [-0.25, -0.2) is 4.68 Å². The fourth-order valence-corrected chi connectivity index (χ4v) is 3.41. The molecule has 1 fully saturated rings. The first-order valence-electron chi connectivity index (χ1n) is 8.30. The Bertz CT molecular complexity index is 1120. The third kappa shape index (κ3) is 3.64. The van der Waals surface area contributed by atoms with Gasteiger partial charge in [-0.3, -0.25) is 20.2 Å². The first kappa shape index (κ1) is 18.3. The van der Waals surface area contributed by atoms with Gasteiger partial charge in [0.25, 0.3) is 11.8 Å². The Balaban J connectivity index is 1.87. The molecule has 2 heterocycles. The number of hydrogen-bond donors (Lipinski definition) is 2. The number of rotatable bonds is 3. The molecule has 0 unspecified atom stereocenters. The first-order chi connectivity index (χ1) is 13.5. The van der Waals surface area contributed by atoms with Crippen molar-refractivity contribution in [3.8, 4) is 16.9 Å². The second-order valence-corrected chi connectivity index (χ2v) is 7.34. The molecule has 1 aliphatic rings. The van der Waals surface area contributed by atoms with Gasteiger partial charge in [0.15, 0.2) is 5.11 Å². The molecule has 1 aliphatic heterocycles. The highest BCUT2D eigenvalue weighted by Crippen LogP contribution is 2.28. The highest BCUT2D eigenvalue weighted by molar-refractivity contribution is 9.10. The molecule has 0 atom stereocenters. The number of carbonyl (C=O) groups is 2. The minimum absolute atomic E-state index is 0.000607. The van der Waals surface area contributed by atoms with E-state index >= 15 is 0 Å². The van der Waals surface area contributed by atoms with Crippen molar-refractivity contribution in [3.05, 3.63) is 76.4 Å². The molecule has 0 bridgehead atoms. The average molecular weight is 453 g/mol. The van der Waals surface area contributed by atoms with Gasteiger partial charge in [-0.1, -0.05) is 46.3 Å². The molecule has 1 aromatic heterocycles. The monoisotopic (exact) mass is 452 g/mol. The maximum Gasteiger partial charge on any atom is 0.263 e. The topological polar surface area (TPSA) is 76.0 Å². The Morgan fingerprint density at radius 2 is 1.71 bits per heavy atom. The van der Waals surface area contributed by atoms with E-state index in [0.29, 0.717) is 11.3 Å². The van der Waals surface area contributed by atoms with Crippen LogP contribution in [-0.4, -0.2) is 26.7 Å². The maximum atomic E-state index is 12.2. The zero-order chi connectivity index (χ0) is 19.7. The molecule has 2 aromatic carbocycles. The predicted octanol–water partition coefficient (Wildman–Crippen LogP) is 3.22. The molecule has 2 N–H and O–H groups in total. The van der Waals surface area contributed by atoms with E-state index in [1.54, 1.807) is 10.9 Å². The van der Waals surface area contributed by atoms with Crippen molar-refractivity contribution in [1.82, 2.24) is 20.4 Å². The van der Waals surface area contributed by atoms with Crippen molar-refractivity contribution >= 4 is 51.2 Å². The number of nitrogens with one attached hydrogen (secondary N) is 2. The van der Waals surface area contributed by atoms with Crippen molar-refractivity contribution in [2.45, 2.75) is 0 Å². The van der Waals surface area contributed by atoms with Crippen molar-refractivity contribution in [2.75, 3.05) is 0 Å². The van der Waals surface area contributed by atoms with Crippen LogP contribution < -0.4 is 10.6 Å². The Morgan fingerprint density at radius 3 is 2.39 bits per heavy atom. The number of hydrogen-bond acceptors (Lipinski definition) is 4. The molecule has 28 heavy (non-hydrogen) atoms. The van der Waals surface area contributed by atoms with Crippen molar-refractivity contribution < 1.29 is 9.59 Å². The van der Waals surface area contributed by atoms with E-state index in [1.165, 1.54) is 6.08 Å². The second-order valence-electron chi connectivity index (χ2n) is 6.02. The summed E-state index contributed by atoms with van der Waals surface area (Å²) in [5, 5.41) is 9.57. The third-order valence-corrected chi connectivity index (χ3v) is 4.80. The molecule has 8 heteroatoms. The fourth-order valence-electron chi connectivity index (χ4n) is 2.83. The van der Waals surface area contributed by atoms with Crippen LogP contribution >= 0.6 is 28.1 Å². The maximum absolute atomic E-state index is 12.2. The summed E-state index contributed by atoms with van der Waals surface area (Å²) in [7, 11) is 0. The lowest BCUT2D eigenvalue weighted by atomic mass is 10.0. The SMILES string of the molecule is O=C1NC(=S)NC(=O)C1=Cc1cn(-c2ccccc2)nc1-c1cccc(Br)c1. The molecule has 1 saturated heterocycles. The van der Waals surface area contributed by atoms with Crippen LogP contribution in [0.15, 0.2) is 70.8 Å². The van der Waals surface area contributed by atoms with Gasteiger partial charge in [-0.2, -0.15) is 5.10 Å². The summed E-state index contributed by atoms with van der Waals surface area (Å²) >= 11 is 8.32. The Labute approximate surface area is 174 Å². The number of amides is 2. The van der Waals surface area contributed by atoms with Crippen LogP contribution in [0, 0.1) is 0 Å². The van der Waals surface area contributed by atoms with Crippen LogP contribution in [0.25, 0.3) is 23.0 Å². The second kappa shape index (κ2) is 7.49. The standard InChI is InChI=1S/C20H13BrN4O2S/c21-14-6-4-5-12(9-14)17-13(10-16-18(26)22-20(28)23-19(16)27)11-25(24-17)15-7-2-1-3-8-15/h1-11H,(H2,22,23,26,27,28). The highest BCUT2D eigenvalue weighted by atomic mass is 79.9. The number of nitrogens with zero attached hydrogens (tertiary/aromatic N) is 2. The van der Waals surface area contributed by atoms with Gasteiger partial charge in [-0.15, -0.1) is 0 Å². The van der Waals surface area contributed by atoms with Crippen LogP contribution in [0.5, 0.6) is 0 Å². The lowest BCUT2D eigenvalue weighted by Gasteiger charge is -2.16. The molecule has 0 radical (unpaired) electrons. The predicted molar refractivity (Wildman–Crippen MR) is 114 cm³/mol. The Kier molecular flexibility index (Phi) is 4.89. The van der Waals surface area contributed by atoms with Gasteiger partial charge in [0.05, 0.1) is 5.69 Å². The van der Waals surface area contributed by atoms with Gasteiger partial charge in [-0.05, 0) is 42.6 Å². The summed E-state index contributed by atoms with van der Waals surface area (Å²) in [5.74, 6) is -1.08. The van der Waals surface area contributed by atoms with E-state index in [9.17, 15) is 9.59 Å². The number of aromatic nitrogens is 2. The molecule has 0 spiro atoms. The number of carbonyl (C=O) groups excluding carboxylic acids is 2. The summed E-state index contributed by atoms with van der Waals surface area (Å²) in [4.78, 5) is 24.5. The molecular formula is C20H13BrN4O2S. The van der Waals surface area contributed by atoms with Crippen molar-refractivity contribution in [1.29, 1.82) is 0 Å². The van der Waals surface area contributed by atoms with Gasteiger partial charge in [0.2, 0.25) is 0 Å². The lowest BCUT2D eigenvalue weighted by Crippen LogP contribution is -2.51. The lowest BCUT2D eigenvalue weighted by molar-refractivity contribution is -0.123. The van der Waals surface area contributed by atoms with Gasteiger partial charge >= 0.3 is 0 Å². The van der Waals surface area contributed by atoms with E-state index in [1.807, 2.05) is 54.6 Å². The summed E-state index contributed by atoms with van der Waals surface area (Å²) in [6, 6.07) is 17.3. The van der Waals surface area contributed by atoms with Crippen LogP contribution in [-0.2, 0) is 9.59 Å². The van der Waals surface area contributed by atoms with Crippen LogP contribution in [0.3, 0.4) is 0 Å². The highest BCUT2D eigenvalue weighted by Gasteiger charge is 2.26. The zero-order valence-electron chi connectivity index (χ0n) is 14.3. The minimum Gasteiger partial charge on any atom is -0.299 e. The van der Waals surface area contributed by atoms with E-state index in [-0.39, 0.29) is 10.7 Å². The van der Waals surface area contributed by atoms with Gasteiger partial charge < -0.3 is 0 Å². The van der Waals surface area contributed by atoms with E-state index in [0.717, 1.165) is 15.7 Å². The quantitative estimate of drug-likeness (QED) is 0.363. The Hall–Kier alpha value is -3.10. The molecular weight excluding hydrogens is 440 g/mol. The van der Waals surface area contributed by atoms with Crippen LogP contribution in [0.1, 0.15) is 5.56 Å². The molecule has 0 saturated carbocycles. The largest absolute Gasteiger partial charge is 0.299 e. The number of benzene rings is 2. The first-order valence-corrected chi connectivity index (χ1v) is 9.51. The number of thiocarbonyl (C=S) groups is 1. The summed E-state index contributed by atoms with van der Waals surface area (Å²) in [5.41, 5.74) is 2.96. The third-order valence-electron chi connectivity index (χ3n) is 4.10. The average Bonchev–Trinajstić information content (AvgIpc) is 3.09. The summed E-state index contributed by atoms with van der Waals surface area (Å²) < 4.78 is 2.61. The molecule has 3 aromatic rings. The zero-order valence-corrected chi connectivity index (χ0v) is 16.8. The van der Waals surface area contributed by atoms with Gasteiger partial charge in [0.1, 0.15) is 11.3 Å². The molecule has 138 valence electrons. The smallest absolute Gasteiger partial charge is 0.263 e. The number of para-hydroxylation sites is 1. The van der Waals surface area contributed by atoms with E-state index in [4.69, 9.17) is 12.2 Å². The molecule has 0 aliphatic carbocycles. The summed E-state index contributed by atoms with van der Waals surface area (Å²) in [6.45, 7) is 0. The minimum atomic E-state index is -0.540. The molecule has 6 nitrogen and oxygen atoms in total. The molecule has 2 amide bonds. The normalized spacial score (nSPS) is 13.9. The van der Waals surface area contributed by atoms with E-state index < -0.39 is 11.8 Å². The van der Waals surface area contributed by atoms with E-state index in [2.05, 4.69) is 31.7 Å². The Morgan fingerprint density at radius 1 is 1.00 bits per heavy atom. The van der Waals surface area contributed by atoms with Crippen molar-refractivity contribution in [3.63, 3.8) is 0 Å². The summed E-state index contributed by atoms with van der Waals surface area (Å²) in [6.07, 6.45) is 3.31.